The molecule has 0 aliphatic carbocycles. The molecule has 1 aromatic carbocycles. The fourth-order valence-electron chi connectivity index (χ4n) is 4.51. The normalized spacial score (nSPS) is 26.1. The maximum Gasteiger partial charge on any atom is 0.204 e. The molecule has 3 heterocycles. The van der Waals surface area contributed by atoms with Gasteiger partial charge in [0.25, 0.3) is 0 Å². The smallest absolute Gasteiger partial charge is 0.204 e. The molecule has 4 rings (SSSR count). The Morgan fingerprint density at radius 2 is 2.10 bits per heavy atom. The van der Waals surface area contributed by atoms with Gasteiger partial charge in [0.05, 0.1) is 12.8 Å². The molecule has 1 fully saturated rings. The Kier molecular flexibility index (Phi) is 5.65. The predicted octanol–water partition coefficient (Wildman–Crippen LogP) is 3.38. The summed E-state index contributed by atoms with van der Waals surface area (Å²) in [6.45, 7) is 5.36. The number of para-hydroxylation sites is 1. The number of benzene rings is 1. The first-order valence-electron chi connectivity index (χ1n) is 10.3. The van der Waals surface area contributed by atoms with Gasteiger partial charge in [-0.3, -0.25) is 9.88 Å². The van der Waals surface area contributed by atoms with Crippen LogP contribution in [-0.4, -0.2) is 53.4 Å². The Labute approximate surface area is 172 Å². The van der Waals surface area contributed by atoms with Crippen LogP contribution in [0.1, 0.15) is 38.8 Å². The van der Waals surface area contributed by atoms with E-state index in [0.717, 1.165) is 30.8 Å². The predicted molar refractivity (Wildman–Crippen MR) is 111 cm³/mol. The molecule has 2 aliphatic rings. The molecular weight excluding hydrogens is 368 g/mol. The molecule has 0 saturated carbocycles. The quantitative estimate of drug-likeness (QED) is 0.805. The van der Waals surface area contributed by atoms with Crippen LogP contribution in [0.5, 0.6) is 17.2 Å². The van der Waals surface area contributed by atoms with Crippen LogP contribution in [0.25, 0.3) is 0 Å². The third kappa shape index (κ3) is 4.19. The lowest BCUT2D eigenvalue weighted by Crippen LogP contribution is -2.47. The Morgan fingerprint density at radius 3 is 2.86 bits per heavy atom. The van der Waals surface area contributed by atoms with Crippen molar-refractivity contribution in [1.82, 2.24) is 9.88 Å². The minimum Gasteiger partial charge on any atom is -0.493 e. The Balaban J connectivity index is 1.46. The molecule has 0 bridgehead atoms. The van der Waals surface area contributed by atoms with Crippen LogP contribution in [0.15, 0.2) is 42.6 Å². The van der Waals surface area contributed by atoms with Crippen molar-refractivity contribution >= 4 is 0 Å². The second kappa shape index (κ2) is 8.20. The van der Waals surface area contributed by atoms with E-state index in [-0.39, 0.29) is 12.1 Å². The van der Waals surface area contributed by atoms with Gasteiger partial charge in [0, 0.05) is 24.8 Å². The number of hydrogen-bond donors (Lipinski definition) is 1. The van der Waals surface area contributed by atoms with Crippen molar-refractivity contribution in [2.75, 3.05) is 20.3 Å². The number of methoxy groups -OCH3 is 1. The van der Waals surface area contributed by atoms with E-state index in [9.17, 15) is 5.11 Å². The van der Waals surface area contributed by atoms with Gasteiger partial charge < -0.3 is 19.3 Å². The molecule has 156 valence electrons. The summed E-state index contributed by atoms with van der Waals surface area (Å²) in [5, 5.41) is 11.1. The number of likely N-dealkylation sites (tertiary alicyclic amines) is 1. The van der Waals surface area contributed by atoms with Gasteiger partial charge in [-0.15, -0.1) is 0 Å². The Bertz CT molecular complexity index is 813. The molecule has 0 radical (unpaired) electrons. The molecule has 6 nitrogen and oxygen atoms in total. The number of fused-ring (bicyclic) bond motifs is 1. The molecule has 1 aromatic heterocycles. The second-order valence-electron chi connectivity index (χ2n) is 8.31. The summed E-state index contributed by atoms with van der Waals surface area (Å²) in [4.78, 5) is 6.82. The lowest BCUT2D eigenvalue weighted by molar-refractivity contribution is -0.00233. The molecule has 2 aromatic rings. The number of pyridine rings is 1. The van der Waals surface area contributed by atoms with Crippen LogP contribution < -0.4 is 14.2 Å². The summed E-state index contributed by atoms with van der Waals surface area (Å²) in [6, 6.07) is 12.1. The third-order valence-electron chi connectivity index (χ3n) is 6.09. The maximum atomic E-state index is 11.1. The average molecular weight is 399 g/mol. The number of rotatable bonds is 6. The zero-order chi connectivity index (χ0) is 20.4. The van der Waals surface area contributed by atoms with Gasteiger partial charge in [-0.05, 0) is 57.4 Å². The van der Waals surface area contributed by atoms with Crippen LogP contribution in [0, 0.1) is 0 Å². The summed E-state index contributed by atoms with van der Waals surface area (Å²) >= 11 is 0. The summed E-state index contributed by atoms with van der Waals surface area (Å²) in [6.07, 6.45) is 4.45. The molecule has 2 aliphatic heterocycles. The van der Waals surface area contributed by atoms with Crippen molar-refractivity contribution in [2.45, 2.75) is 56.9 Å². The zero-order valence-corrected chi connectivity index (χ0v) is 17.4. The van der Waals surface area contributed by atoms with Crippen molar-refractivity contribution in [2.24, 2.45) is 0 Å². The fourth-order valence-corrected chi connectivity index (χ4v) is 4.51. The fraction of sp³-hybridized carbons (Fsp3) is 0.522. The first-order chi connectivity index (χ1) is 14.0. The summed E-state index contributed by atoms with van der Waals surface area (Å²) in [5.74, 6) is 2.09. The van der Waals surface area contributed by atoms with Gasteiger partial charge in [0.2, 0.25) is 5.75 Å². The molecule has 0 amide bonds. The van der Waals surface area contributed by atoms with Crippen LogP contribution in [0.2, 0.25) is 0 Å². The molecule has 29 heavy (non-hydrogen) atoms. The number of aliphatic hydroxyl groups is 1. The second-order valence-corrected chi connectivity index (χ2v) is 8.31. The standard InChI is InChI=1S/C23H30N2O4/c1-16-10-11-17(13-23(2,26)21-9-4-5-12-24-21)25(16)14-18-15-28-20-8-6-7-19(27-3)22(20)29-18/h4-9,12,16-18,26H,10-11,13-15H2,1-3H3/t16?,17?,18-,23?/m0/s1. The van der Waals surface area contributed by atoms with Crippen molar-refractivity contribution in [3.8, 4) is 17.2 Å². The van der Waals surface area contributed by atoms with Crippen molar-refractivity contribution in [1.29, 1.82) is 0 Å². The van der Waals surface area contributed by atoms with E-state index in [1.807, 2.05) is 43.3 Å². The lowest BCUT2D eigenvalue weighted by atomic mass is 9.91. The van der Waals surface area contributed by atoms with E-state index in [0.29, 0.717) is 30.6 Å². The number of ether oxygens (including phenoxy) is 3. The first-order valence-corrected chi connectivity index (χ1v) is 10.3. The van der Waals surface area contributed by atoms with Crippen LogP contribution in [-0.2, 0) is 5.60 Å². The summed E-state index contributed by atoms with van der Waals surface area (Å²) < 4.78 is 17.6. The lowest BCUT2D eigenvalue weighted by Gasteiger charge is -2.37. The highest BCUT2D eigenvalue weighted by Gasteiger charge is 2.39. The monoisotopic (exact) mass is 398 g/mol. The van der Waals surface area contributed by atoms with Crippen molar-refractivity contribution in [3.05, 3.63) is 48.3 Å². The van der Waals surface area contributed by atoms with E-state index in [4.69, 9.17) is 14.2 Å². The van der Waals surface area contributed by atoms with E-state index in [2.05, 4.69) is 16.8 Å². The Morgan fingerprint density at radius 1 is 1.24 bits per heavy atom. The Hall–Kier alpha value is -2.31. The molecule has 6 heteroatoms. The molecule has 0 spiro atoms. The third-order valence-corrected chi connectivity index (χ3v) is 6.09. The van der Waals surface area contributed by atoms with Crippen LogP contribution in [0.3, 0.4) is 0 Å². The van der Waals surface area contributed by atoms with Gasteiger partial charge in [-0.2, -0.15) is 0 Å². The SMILES string of the molecule is COc1cccc2c1O[C@@H](CN1C(C)CCC1CC(C)(O)c1ccccn1)CO2. The van der Waals surface area contributed by atoms with Crippen LogP contribution in [0.4, 0.5) is 0 Å². The topological polar surface area (TPSA) is 64.1 Å². The average Bonchev–Trinajstić information content (AvgIpc) is 3.07. The van der Waals surface area contributed by atoms with Gasteiger partial charge in [-0.1, -0.05) is 12.1 Å². The summed E-state index contributed by atoms with van der Waals surface area (Å²) in [5.41, 5.74) is -0.246. The first kappa shape index (κ1) is 20.0. The van der Waals surface area contributed by atoms with Crippen LogP contribution >= 0.6 is 0 Å². The molecule has 3 unspecified atom stereocenters. The maximum absolute atomic E-state index is 11.1. The minimum atomic E-state index is -0.964. The number of hydrogen-bond acceptors (Lipinski definition) is 6. The van der Waals surface area contributed by atoms with Gasteiger partial charge in [0.15, 0.2) is 11.5 Å². The zero-order valence-electron chi connectivity index (χ0n) is 17.4. The van der Waals surface area contributed by atoms with E-state index in [1.165, 1.54) is 0 Å². The van der Waals surface area contributed by atoms with Crippen molar-refractivity contribution in [3.63, 3.8) is 0 Å². The number of aromatic nitrogens is 1. The van der Waals surface area contributed by atoms with E-state index in [1.54, 1.807) is 13.3 Å². The van der Waals surface area contributed by atoms with Gasteiger partial charge in [0.1, 0.15) is 18.3 Å². The summed E-state index contributed by atoms with van der Waals surface area (Å²) in [7, 11) is 1.64. The molecule has 4 atom stereocenters. The highest BCUT2D eigenvalue weighted by molar-refractivity contribution is 5.52. The van der Waals surface area contributed by atoms with E-state index < -0.39 is 5.60 Å². The minimum absolute atomic E-state index is 0.0818. The van der Waals surface area contributed by atoms with Crippen molar-refractivity contribution < 1.29 is 19.3 Å². The van der Waals surface area contributed by atoms with E-state index >= 15 is 0 Å². The molecule has 1 N–H and O–H groups in total. The van der Waals surface area contributed by atoms with Gasteiger partial charge >= 0.3 is 0 Å². The largest absolute Gasteiger partial charge is 0.493 e. The number of nitrogens with zero attached hydrogens (tertiary/aromatic N) is 2. The highest BCUT2D eigenvalue weighted by Crippen LogP contribution is 2.41. The molecular formula is C23H30N2O4. The van der Waals surface area contributed by atoms with Gasteiger partial charge in [-0.25, -0.2) is 0 Å². The highest BCUT2D eigenvalue weighted by atomic mass is 16.6. The molecule has 1 saturated heterocycles.